The maximum atomic E-state index is 12.3. The van der Waals surface area contributed by atoms with E-state index in [1.165, 1.54) is 6.07 Å². The van der Waals surface area contributed by atoms with Crippen molar-refractivity contribution in [3.8, 4) is 11.3 Å². The van der Waals surface area contributed by atoms with E-state index in [2.05, 4.69) is 5.10 Å². The van der Waals surface area contributed by atoms with E-state index in [-0.39, 0.29) is 5.43 Å². The molecule has 0 aliphatic carbocycles. The third kappa shape index (κ3) is 2.55. The van der Waals surface area contributed by atoms with Crippen LogP contribution >= 0.6 is 0 Å². The Hall–Kier alpha value is -3.14. The molecule has 4 nitrogen and oxygen atoms in total. The molecule has 0 bridgehead atoms. The quantitative estimate of drug-likeness (QED) is 0.579. The summed E-state index contributed by atoms with van der Waals surface area (Å²) in [7, 11) is 0. The van der Waals surface area contributed by atoms with Crippen molar-refractivity contribution >= 4 is 11.1 Å². The molecule has 0 unspecified atom stereocenters. The van der Waals surface area contributed by atoms with Gasteiger partial charge < -0.3 is 4.42 Å². The lowest BCUT2D eigenvalue weighted by Crippen LogP contribution is -2.04. The minimum atomic E-state index is -0.0792. The van der Waals surface area contributed by atoms with Crippen molar-refractivity contribution in [2.75, 3.05) is 0 Å². The van der Waals surface area contributed by atoms with Gasteiger partial charge in [0.25, 0.3) is 0 Å². The summed E-state index contributed by atoms with van der Waals surface area (Å²) in [6.45, 7) is 0.561. The lowest BCUT2D eigenvalue weighted by Gasteiger charge is -2.05. The molecule has 2 aromatic carbocycles. The lowest BCUT2D eigenvalue weighted by atomic mass is 10.1. The summed E-state index contributed by atoms with van der Waals surface area (Å²) in [5.41, 5.74) is 2.40. The minimum Gasteiger partial charge on any atom is -0.438 e. The van der Waals surface area contributed by atoms with Gasteiger partial charge in [-0.3, -0.25) is 4.79 Å². The second-order valence-electron chi connectivity index (χ2n) is 5.35. The van der Waals surface area contributed by atoms with Gasteiger partial charge in [0.05, 0.1) is 12.7 Å². The summed E-state index contributed by atoms with van der Waals surface area (Å²) in [5.74, 6) is 0.554. The van der Waals surface area contributed by atoms with Crippen LogP contribution < -0.4 is 5.43 Å². The first-order valence-electron chi connectivity index (χ1n) is 7.40. The van der Waals surface area contributed by atoms with Crippen LogP contribution in [-0.2, 0) is 6.54 Å². The number of nitrogens with zero attached hydrogens (tertiary/aromatic N) is 2. The Morgan fingerprint density at radius 1 is 0.957 bits per heavy atom. The Balaban J connectivity index is 1.84. The molecule has 23 heavy (non-hydrogen) atoms. The van der Waals surface area contributed by atoms with Crippen molar-refractivity contribution < 1.29 is 4.42 Å². The fourth-order valence-corrected chi connectivity index (χ4v) is 2.59. The van der Waals surface area contributed by atoms with E-state index in [1.807, 2.05) is 60.7 Å². The van der Waals surface area contributed by atoms with Crippen LogP contribution in [0.15, 0.2) is 82.1 Å². The van der Waals surface area contributed by atoms with Crippen LogP contribution in [0.4, 0.5) is 0 Å². The average molecular weight is 302 g/mol. The summed E-state index contributed by atoms with van der Waals surface area (Å²) in [5, 5.41) is 4.81. The molecule has 0 N–H and O–H groups in total. The number of rotatable bonds is 3. The number of hydrogen-bond donors (Lipinski definition) is 0. The van der Waals surface area contributed by atoms with E-state index in [0.717, 1.165) is 11.1 Å². The van der Waals surface area contributed by atoms with Gasteiger partial charge in [-0.05, 0) is 5.56 Å². The van der Waals surface area contributed by atoms with Crippen LogP contribution in [-0.4, -0.2) is 9.78 Å². The van der Waals surface area contributed by atoms with Crippen molar-refractivity contribution in [1.82, 2.24) is 9.78 Å². The molecule has 4 rings (SSSR count). The maximum Gasteiger partial charge on any atom is 0.229 e. The molecule has 0 aliphatic rings. The van der Waals surface area contributed by atoms with E-state index >= 15 is 0 Å². The summed E-state index contributed by atoms with van der Waals surface area (Å²) < 4.78 is 7.69. The van der Waals surface area contributed by atoms with Crippen molar-refractivity contribution in [2.45, 2.75) is 6.54 Å². The first-order chi connectivity index (χ1) is 11.3. The first-order valence-corrected chi connectivity index (χ1v) is 7.40. The fraction of sp³-hybridized carbons (Fsp3) is 0.0526. The minimum absolute atomic E-state index is 0.0792. The zero-order valence-corrected chi connectivity index (χ0v) is 12.3. The highest BCUT2D eigenvalue weighted by molar-refractivity contribution is 5.75. The van der Waals surface area contributed by atoms with Crippen molar-refractivity contribution in [3.63, 3.8) is 0 Å². The van der Waals surface area contributed by atoms with Gasteiger partial charge in [0.15, 0.2) is 5.43 Å². The standard InChI is InChI=1S/C19H14N2O2/c22-17-11-18(15-9-5-2-6-10-15)23-19-16(17)12-20-21(19)13-14-7-3-1-4-8-14/h1-12H,13H2. The van der Waals surface area contributed by atoms with Crippen LogP contribution in [0.3, 0.4) is 0 Å². The molecule has 0 amide bonds. The first kappa shape index (κ1) is 13.5. The third-order valence-electron chi connectivity index (χ3n) is 3.76. The van der Waals surface area contributed by atoms with E-state index in [0.29, 0.717) is 23.4 Å². The van der Waals surface area contributed by atoms with E-state index in [9.17, 15) is 4.79 Å². The summed E-state index contributed by atoms with van der Waals surface area (Å²) in [6.07, 6.45) is 1.57. The average Bonchev–Trinajstić information content (AvgIpc) is 3.00. The largest absolute Gasteiger partial charge is 0.438 e. The normalized spacial score (nSPS) is 11.0. The monoisotopic (exact) mass is 302 g/mol. The molecule has 0 saturated carbocycles. The van der Waals surface area contributed by atoms with Crippen LogP contribution in [0.5, 0.6) is 0 Å². The third-order valence-corrected chi connectivity index (χ3v) is 3.76. The Labute approximate surface area is 132 Å². The summed E-state index contributed by atoms with van der Waals surface area (Å²) >= 11 is 0. The molecule has 0 radical (unpaired) electrons. The zero-order valence-electron chi connectivity index (χ0n) is 12.3. The second kappa shape index (κ2) is 5.57. The topological polar surface area (TPSA) is 48.0 Å². The summed E-state index contributed by atoms with van der Waals surface area (Å²) in [4.78, 5) is 12.3. The van der Waals surface area contributed by atoms with Gasteiger partial charge in [0, 0.05) is 11.6 Å². The lowest BCUT2D eigenvalue weighted by molar-refractivity contribution is 0.554. The van der Waals surface area contributed by atoms with Gasteiger partial charge in [-0.25, -0.2) is 4.68 Å². The van der Waals surface area contributed by atoms with Crippen LogP contribution in [0.25, 0.3) is 22.4 Å². The molecule has 4 heteroatoms. The van der Waals surface area contributed by atoms with Crippen molar-refractivity contribution in [2.24, 2.45) is 0 Å². The Bertz CT molecular complexity index is 1000. The fourth-order valence-electron chi connectivity index (χ4n) is 2.59. The molecular weight excluding hydrogens is 288 g/mol. The van der Waals surface area contributed by atoms with Crippen molar-refractivity contribution in [1.29, 1.82) is 0 Å². The highest BCUT2D eigenvalue weighted by atomic mass is 16.3. The Morgan fingerprint density at radius 2 is 1.65 bits per heavy atom. The molecule has 0 fully saturated rings. The molecule has 4 aromatic rings. The molecule has 0 aliphatic heterocycles. The van der Waals surface area contributed by atoms with Crippen molar-refractivity contribution in [3.05, 3.63) is 88.7 Å². The van der Waals surface area contributed by atoms with Crippen LogP contribution in [0.1, 0.15) is 5.56 Å². The van der Waals surface area contributed by atoms with E-state index in [4.69, 9.17) is 4.42 Å². The molecular formula is C19H14N2O2. The predicted molar refractivity (Wildman–Crippen MR) is 89.2 cm³/mol. The van der Waals surface area contributed by atoms with Gasteiger partial charge >= 0.3 is 0 Å². The molecule has 0 spiro atoms. The highest BCUT2D eigenvalue weighted by Gasteiger charge is 2.12. The second-order valence-corrected chi connectivity index (χ2v) is 5.35. The van der Waals surface area contributed by atoms with Gasteiger partial charge in [-0.1, -0.05) is 60.7 Å². The van der Waals surface area contributed by atoms with Crippen LogP contribution in [0, 0.1) is 0 Å². The molecule has 0 atom stereocenters. The number of hydrogen-bond acceptors (Lipinski definition) is 3. The molecule has 112 valence electrons. The molecule has 0 saturated heterocycles. The molecule has 2 aromatic heterocycles. The predicted octanol–water partition coefficient (Wildman–Crippen LogP) is 3.70. The summed E-state index contributed by atoms with van der Waals surface area (Å²) in [6, 6.07) is 21.1. The number of fused-ring (bicyclic) bond motifs is 1. The zero-order chi connectivity index (χ0) is 15.6. The van der Waals surface area contributed by atoms with E-state index in [1.54, 1.807) is 10.9 Å². The van der Waals surface area contributed by atoms with Gasteiger partial charge in [-0.15, -0.1) is 0 Å². The smallest absolute Gasteiger partial charge is 0.229 e. The Morgan fingerprint density at radius 3 is 2.39 bits per heavy atom. The van der Waals surface area contributed by atoms with Gasteiger partial charge in [-0.2, -0.15) is 5.10 Å². The van der Waals surface area contributed by atoms with Gasteiger partial charge in [0.2, 0.25) is 5.71 Å². The number of aromatic nitrogens is 2. The molecule has 2 heterocycles. The van der Waals surface area contributed by atoms with E-state index < -0.39 is 0 Å². The highest BCUT2D eigenvalue weighted by Crippen LogP contribution is 2.22. The SMILES string of the molecule is O=c1cc(-c2ccccc2)oc2c1cnn2Cc1ccccc1. The maximum absolute atomic E-state index is 12.3. The Kier molecular flexibility index (Phi) is 3.27. The number of benzene rings is 2. The van der Waals surface area contributed by atoms with Crippen LogP contribution in [0.2, 0.25) is 0 Å². The van der Waals surface area contributed by atoms with Gasteiger partial charge in [0.1, 0.15) is 11.1 Å².